The van der Waals surface area contributed by atoms with Gasteiger partial charge < -0.3 is 9.30 Å². The Morgan fingerprint density at radius 2 is 1.88 bits per heavy atom. The second-order valence-electron chi connectivity index (χ2n) is 5.85. The zero-order valence-electron chi connectivity index (χ0n) is 13.7. The van der Waals surface area contributed by atoms with E-state index < -0.39 is 10.0 Å². The Morgan fingerprint density at radius 1 is 1.08 bits per heavy atom. The molecule has 130 valence electrons. The molecule has 0 N–H and O–H groups in total. The number of rotatable bonds is 4. The van der Waals surface area contributed by atoms with Crippen LogP contribution in [-0.4, -0.2) is 30.9 Å². The number of aromatic nitrogens is 1. The third-order valence-electron chi connectivity index (χ3n) is 4.48. The Labute approximate surface area is 151 Å². The number of hydrogen-bond donors (Lipinski definition) is 0. The topological polar surface area (TPSA) is 51.5 Å². The van der Waals surface area contributed by atoms with Crippen molar-refractivity contribution in [2.75, 3.05) is 13.7 Å². The van der Waals surface area contributed by atoms with Gasteiger partial charge in [-0.2, -0.15) is 4.31 Å². The predicted molar refractivity (Wildman–Crippen MR) is 97.5 cm³/mol. The number of nitrogens with zero attached hydrogens (tertiary/aromatic N) is 2. The van der Waals surface area contributed by atoms with Crippen LogP contribution < -0.4 is 4.74 Å². The van der Waals surface area contributed by atoms with Crippen molar-refractivity contribution >= 4 is 21.4 Å². The molecule has 4 rings (SSSR count). The molecule has 7 heteroatoms. The van der Waals surface area contributed by atoms with Gasteiger partial charge in [-0.1, -0.05) is 18.2 Å². The molecule has 25 heavy (non-hydrogen) atoms. The van der Waals surface area contributed by atoms with Gasteiger partial charge in [-0.15, -0.1) is 11.3 Å². The Bertz CT molecular complexity index is 960. The van der Waals surface area contributed by atoms with Crippen molar-refractivity contribution in [2.45, 2.75) is 16.8 Å². The van der Waals surface area contributed by atoms with Crippen molar-refractivity contribution in [1.29, 1.82) is 0 Å². The molecule has 0 fully saturated rings. The summed E-state index contributed by atoms with van der Waals surface area (Å²) in [7, 11) is -1.93. The summed E-state index contributed by atoms with van der Waals surface area (Å²) in [5, 5.41) is 1.79. The monoisotopic (exact) mass is 374 g/mol. The van der Waals surface area contributed by atoms with E-state index in [-0.39, 0.29) is 6.04 Å². The van der Waals surface area contributed by atoms with Gasteiger partial charge in [0.15, 0.2) is 0 Å². The number of hydrogen-bond acceptors (Lipinski definition) is 4. The summed E-state index contributed by atoms with van der Waals surface area (Å²) in [5.41, 5.74) is 1.91. The fourth-order valence-electron chi connectivity index (χ4n) is 3.27. The van der Waals surface area contributed by atoms with Gasteiger partial charge in [0, 0.05) is 25.0 Å². The lowest BCUT2D eigenvalue weighted by atomic mass is 10.0. The molecule has 0 saturated carbocycles. The minimum absolute atomic E-state index is 0.346. The largest absolute Gasteiger partial charge is 0.497 e. The van der Waals surface area contributed by atoms with Crippen LogP contribution in [0, 0.1) is 0 Å². The number of benzene rings is 1. The minimum Gasteiger partial charge on any atom is -0.497 e. The fraction of sp³-hybridized carbons (Fsp3) is 0.222. The molecule has 0 spiro atoms. The van der Waals surface area contributed by atoms with Crippen LogP contribution in [0.5, 0.6) is 5.75 Å². The average molecular weight is 374 g/mol. The first-order valence-electron chi connectivity index (χ1n) is 7.95. The Morgan fingerprint density at radius 3 is 2.56 bits per heavy atom. The smallest absolute Gasteiger partial charge is 0.253 e. The highest BCUT2D eigenvalue weighted by Crippen LogP contribution is 2.37. The molecule has 0 bridgehead atoms. The number of ether oxygens (including phenoxy) is 1. The highest BCUT2D eigenvalue weighted by Gasteiger charge is 2.37. The molecule has 3 aromatic rings. The number of fused-ring (bicyclic) bond motifs is 1. The number of sulfonamides is 1. The summed E-state index contributed by atoms with van der Waals surface area (Å²) in [4.78, 5) is 0. The Balaban J connectivity index is 1.83. The molecule has 0 saturated heterocycles. The lowest BCUT2D eigenvalue weighted by molar-refractivity contribution is 0.299. The van der Waals surface area contributed by atoms with Crippen LogP contribution in [0.4, 0.5) is 0 Å². The lowest BCUT2D eigenvalue weighted by Crippen LogP contribution is -2.42. The van der Waals surface area contributed by atoms with Crippen LogP contribution in [0.15, 0.2) is 64.3 Å². The second kappa shape index (κ2) is 6.33. The predicted octanol–water partition coefficient (Wildman–Crippen LogP) is 3.35. The van der Waals surface area contributed by atoms with E-state index in [9.17, 15) is 8.42 Å². The molecular weight excluding hydrogens is 356 g/mol. The average Bonchev–Trinajstić information content (AvgIpc) is 3.32. The van der Waals surface area contributed by atoms with Gasteiger partial charge in [0.1, 0.15) is 9.96 Å². The van der Waals surface area contributed by atoms with Gasteiger partial charge in [-0.25, -0.2) is 8.42 Å². The van der Waals surface area contributed by atoms with Crippen LogP contribution >= 0.6 is 11.3 Å². The van der Waals surface area contributed by atoms with E-state index in [1.54, 1.807) is 28.9 Å². The van der Waals surface area contributed by atoms with E-state index in [1.807, 2.05) is 42.6 Å². The molecule has 5 nitrogen and oxygen atoms in total. The molecule has 1 atom stereocenters. The summed E-state index contributed by atoms with van der Waals surface area (Å²) in [6.07, 6.45) is 2.00. The molecule has 3 heterocycles. The summed E-state index contributed by atoms with van der Waals surface area (Å²) >= 11 is 1.25. The summed E-state index contributed by atoms with van der Waals surface area (Å²) in [6.45, 7) is 1.10. The summed E-state index contributed by atoms with van der Waals surface area (Å²) < 4.78 is 35.7. The van der Waals surface area contributed by atoms with E-state index in [0.717, 1.165) is 17.0 Å². The zero-order valence-corrected chi connectivity index (χ0v) is 15.3. The first-order chi connectivity index (χ1) is 12.1. The first-order valence-corrected chi connectivity index (χ1v) is 10.3. The summed E-state index contributed by atoms with van der Waals surface area (Å²) in [6, 6.07) is 14.7. The SMILES string of the molecule is COc1ccc([C@H]2c3cccn3CCN2S(=O)(=O)c2cccs2)cc1. The second-order valence-corrected chi connectivity index (χ2v) is 8.92. The standard InChI is InChI=1S/C18H18N2O3S2/c1-23-15-8-6-14(7-9-15)18-16-4-2-10-19(16)11-12-20(18)25(21,22)17-5-3-13-24-17/h2-10,13,18H,11-12H2,1H3/t18-/m0/s1. The van der Waals surface area contributed by atoms with Crippen molar-refractivity contribution < 1.29 is 13.2 Å². The quantitative estimate of drug-likeness (QED) is 0.704. The minimum atomic E-state index is -3.55. The van der Waals surface area contributed by atoms with E-state index in [0.29, 0.717) is 17.3 Å². The van der Waals surface area contributed by atoms with Crippen LogP contribution in [-0.2, 0) is 16.6 Å². The Hall–Kier alpha value is -2.09. The normalized spacial score (nSPS) is 18.0. The van der Waals surface area contributed by atoms with Crippen molar-refractivity contribution in [3.8, 4) is 5.75 Å². The molecule has 1 aliphatic rings. The summed E-state index contributed by atoms with van der Waals surface area (Å²) in [5.74, 6) is 0.752. The highest BCUT2D eigenvalue weighted by atomic mass is 32.2. The van der Waals surface area contributed by atoms with Crippen molar-refractivity contribution in [1.82, 2.24) is 8.87 Å². The molecule has 1 aromatic carbocycles. The maximum Gasteiger partial charge on any atom is 0.253 e. The molecule has 0 aliphatic carbocycles. The molecule has 1 aliphatic heterocycles. The fourth-order valence-corrected chi connectivity index (χ4v) is 5.97. The third-order valence-corrected chi connectivity index (χ3v) is 7.72. The Kier molecular flexibility index (Phi) is 4.15. The van der Waals surface area contributed by atoms with Crippen LogP contribution in [0.2, 0.25) is 0 Å². The van der Waals surface area contributed by atoms with E-state index >= 15 is 0 Å². The maximum atomic E-state index is 13.2. The number of thiophene rings is 1. The van der Waals surface area contributed by atoms with Crippen molar-refractivity contribution in [3.63, 3.8) is 0 Å². The van der Waals surface area contributed by atoms with Gasteiger partial charge in [-0.05, 0) is 41.3 Å². The van der Waals surface area contributed by atoms with Crippen LogP contribution in [0.1, 0.15) is 17.3 Å². The van der Waals surface area contributed by atoms with Gasteiger partial charge in [0.2, 0.25) is 0 Å². The maximum absolute atomic E-state index is 13.2. The van der Waals surface area contributed by atoms with Gasteiger partial charge >= 0.3 is 0 Å². The van der Waals surface area contributed by atoms with Crippen molar-refractivity contribution in [2.24, 2.45) is 0 Å². The highest BCUT2D eigenvalue weighted by molar-refractivity contribution is 7.91. The molecule has 0 radical (unpaired) electrons. The van der Waals surface area contributed by atoms with E-state index in [2.05, 4.69) is 4.57 Å². The van der Waals surface area contributed by atoms with Gasteiger partial charge in [0.05, 0.1) is 13.2 Å². The zero-order chi connectivity index (χ0) is 17.4. The van der Waals surface area contributed by atoms with Crippen LogP contribution in [0.3, 0.4) is 0 Å². The molecule has 0 unspecified atom stereocenters. The molecule has 2 aromatic heterocycles. The van der Waals surface area contributed by atoms with Gasteiger partial charge in [0.25, 0.3) is 10.0 Å². The molecular formula is C18H18N2O3S2. The van der Waals surface area contributed by atoms with E-state index in [4.69, 9.17) is 4.74 Å². The molecule has 0 amide bonds. The van der Waals surface area contributed by atoms with Gasteiger partial charge in [-0.3, -0.25) is 0 Å². The third kappa shape index (κ3) is 2.78. The number of methoxy groups -OCH3 is 1. The lowest BCUT2D eigenvalue weighted by Gasteiger charge is -2.36. The van der Waals surface area contributed by atoms with Crippen LogP contribution in [0.25, 0.3) is 0 Å². The van der Waals surface area contributed by atoms with Crippen molar-refractivity contribution in [3.05, 3.63) is 71.4 Å². The first kappa shape index (κ1) is 16.4. The van der Waals surface area contributed by atoms with E-state index in [1.165, 1.54) is 11.3 Å².